The maximum atomic E-state index is 13.1. The van der Waals surface area contributed by atoms with Gasteiger partial charge in [0.05, 0.1) is 19.5 Å². The minimum atomic E-state index is -4.98. The van der Waals surface area contributed by atoms with Crippen LogP contribution in [-0.2, 0) is 36.7 Å². The van der Waals surface area contributed by atoms with Gasteiger partial charge in [-0.3, -0.25) is 32.4 Å². The van der Waals surface area contributed by atoms with Crippen LogP contribution in [0.1, 0.15) is 12.6 Å². The Kier molecular flexibility index (Phi) is 7.52. The predicted octanol–water partition coefficient (Wildman–Crippen LogP) is -1.42. The van der Waals surface area contributed by atoms with E-state index in [0.29, 0.717) is 0 Å². The second-order valence-electron chi connectivity index (χ2n) is 9.44. The van der Waals surface area contributed by atoms with Crippen molar-refractivity contribution in [2.24, 2.45) is 0 Å². The SMILES string of the molecule is Nc1cc(N[C@H]2C[C@@H]3OP(=O)(O)OC[C@H]4O[C@@H](n5cnc6c(=O)[nH]c(N)nc65)[C@H](OP(=O)(O)OC[C@H]3O2)[C@@H]4O)ncn1. The molecule has 0 aliphatic carbocycles. The van der Waals surface area contributed by atoms with E-state index in [2.05, 4.69) is 30.2 Å². The highest BCUT2D eigenvalue weighted by Gasteiger charge is 2.51. The molecule has 3 aliphatic rings. The van der Waals surface area contributed by atoms with Crippen LogP contribution in [0.4, 0.5) is 17.6 Å². The lowest BCUT2D eigenvalue weighted by atomic mass is 10.1. The Morgan fingerprint density at radius 3 is 2.52 bits per heavy atom. The second-order valence-corrected chi connectivity index (χ2v) is 12.3. The molecule has 3 aliphatic heterocycles. The highest BCUT2D eigenvalue weighted by Crippen LogP contribution is 2.53. The Morgan fingerprint density at radius 1 is 1.02 bits per heavy atom. The largest absolute Gasteiger partial charge is 0.472 e. The molecule has 23 heteroatoms. The maximum Gasteiger partial charge on any atom is 0.472 e. The van der Waals surface area contributed by atoms with E-state index < -0.39 is 77.4 Å². The van der Waals surface area contributed by atoms with Crippen LogP contribution < -0.4 is 22.3 Å². The number of phosphoric ester groups is 2. The molecule has 3 saturated heterocycles. The number of aliphatic hydroxyl groups excluding tert-OH is 1. The normalized spacial score (nSPS) is 37.5. The predicted molar refractivity (Wildman–Crippen MR) is 137 cm³/mol. The summed E-state index contributed by atoms with van der Waals surface area (Å²) in [6.45, 7) is -1.37. The molecule has 2 bridgehead atoms. The van der Waals surface area contributed by atoms with Crippen molar-refractivity contribution in [2.75, 3.05) is 30.0 Å². The van der Waals surface area contributed by atoms with Gasteiger partial charge in [-0.2, -0.15) is 4.98 Å². The number of nitrogens with two attached hydrogens (primary N) is 2. The zero-order valence-electron chi connectivity index (χ0n) is 21.2. The third-order valence-electron chi connectivity index (χ3n) is 6.56. The molecule has 0 radical (unpaired) electrons. The summed E-state index contributed by atoms with van der Waals surface area (Å²) < 4.78 is 59.6. The van der Waals surface area contributed by atoms with Crippen LogP contribution in [-0.4, -0.2) is 94.3 Å². The summed E-state index contributed by atoms with van der Waals surface area (Å²) >= 11 is 0. The molecule has 21 nitrogen and oxygen atoms in total. The van der Waals surface area contributed by atoms with Gasteiger partial charge in [0.15, 0.2) is 17.4 Å². The quantitative estimate of drug-likeness (QED) is 0.163. The first kappa shape index (κ1) is 29.0. The fraction of sp³-hybridized carbons (Fsp3) is 0.526. The number of fused-ring (bicyclic) bond motifs is 4. The Balaban J connectivity index is 1.27. The van der Waals surface area contributed by atoms with Gasteiger partial charge in [-0.15, -0.1) is 0 Å². The van der Waals surface area contributed by atoms with Crippen LogP contribution in [0, 0.1) is 0 Å². The third kappa shape index (κ3) is 5.90. The van der Waals surface area contributed by atoms with Gasteiger partial charge in [-0.05, 0) is 0 Å². The number of nitrogens with one attached hydrogen (secondary N) is 2. The van der Waals surface area contributed by atoms with Crippen LogP contribution in [0.2, 0.25) is 0 Å². The van der Waals surface area contributed by atoms with Gasteiger partial charge in [0.1, 0.15) is 54.7 Å². The van der Waals surface area contributed by atoms with Crippen LogP contribution in [0.5, 0.6) is 0 Å². The number of ether oxygens (including phenoxy) is 2. The second kappa shape index (κ2) is 10.9. The van der Waals surface area contributed by atoms with Gasteiger partial charge in [0, 0.05) is 12.5 Å². The van der Waals surface area contributed by atoms with E-state index in [-0.39, 0.29) is 35.2 Å². The summed E-state index contributed by atoms with van der Waals surface area (Å²) in [7, 11) is -9.81. The molecule has 6 rings (SSSR count). The maximum absolute atomic E-state index is 13.1. The zero-order valence-corrected chi connectivity index (χ0v) is 23.0. The monoisotopic (exact) mass is 633 g/mol. The summed E-state index contributed by atoms with van der Waals surface area (Å²) in [6.07, 6.45) is -7.09. The van der Waals surface area contributed by atoms with Crippen molar-refractivity contribution in [2.45, 2.75) is 49.4 Å². The third-order valence-corrected chi connectivity index (χ3v) is 8.56. The number of aromatic amines is 1. The fourth-order valence-electron chi connectivity index (χ4n) is 4.73. The zero-order chi connectivity index (χ0) is 29.8. The molecule has 9 atom stereocenters. The number of aliphatic hydroxyl groups is 1. The lowest BCUT2D eigenvalue weighted by molar-refractivity contribution is -0.0618. The highest BCUT2D eigenvalue weighted by atomic mass is 31.2. The lowest BCUT2D eigenvalue weighted by Gasteiger charge is -2.25. The number of phosphoric acid groups is 2. The standard InChI is InChI=1S/C19H25N9O12P2/c20-10-2-11(23-5-22-10)25-12-1-7-8(37-12)3-35-42(33,34)40-15-14(29)9(4-36-41(31,32)39-7)38-18(15)28-6-24-13-16(28)26-19(21)27-17(13)30/h2,5-9,12,14-15,18,29H,1,3-4H2,(H,31,32)(H,33,34)(H3,20,22,23,25)(H3,21,26,27,30)/t7-,8+,9+,12+,14+,15+,18+/m0/s1. The van der Waals surface area contributed by atoms with Crippen LogP contribution in [0.15, 0.2) is 23.5 Å². The molecule has 0 saturated carbocycles. The molecule has 228 valence electrons. The average molecular weight is 633 g/mol. The number of aromatic nitrogens is 6. The molecule has 9 N–H and O–H groups in total. The molecule has 0 spiro atoms. The van der Waals surface area contributed by atoms with Crippen molar-refractivity contribution in [1.29, 1.82) is 0 Å². The number of hydrogen-bond acceptors (Lipinski definition) is 17. The topological polar surface area (TPSA) is 304 Å². The summed E-state index contributed by atoms with van der Waals surface area (Å²) in [6, 6.07) is 1.42. The van der Waals surface area contributed by atoms with Crippen LogP contribution in [0.25, 0.3) is 11.2 Å². The smallest absolute Gasteiger partial charge is 0.387 e. The van der Waals surface area contributed by atoms with Crippen molar-refractivity contribution < 1.29 is 51.6 Å². The number of hydrogen-bond donors (Lipinski definition) is 7. The molecular weight excluding hydrogens is 608 g/mol. The van der Waals surface area contributed by atoms with E-state index >= 15 is 0 Å². The lowest BCUT2D eigenvalue weighted by Crippen LogP contribution is -2.35. The van der Waals surface area contributed by atoms with Gasteiger partial charge in [-0.25, -0.2) is 24.1 Å². The van der Waals surface area contributed by atoms with Crippen molar-refractivity contribution in [3.63, 3.8) is 0 Å². The average Bonchev–Trinajstić information content (AvgIpc) is 3.57. The van der Waals surface area contributed by atoms with Gasteiger partial charge >= 0.3 is 15.6 Å². The number of imidazole rings is 1. The van der Waals surface area contributed by atoms with Crippen LogP contribution >= 0.6 is 15.6 Å². The molecule has 3 aromatic heterocycles. The molecule has 3 aromatic rings. The van der Waals surface area contributed by atoms with Crippen LogP contribution in [0.3, 0.4) is 0 Å². The van der Waals surface area contributed by atoms with Crippen molar-refractivity contribution in [3.8, 4) is 0 Å². The van der Waals surface area contributed by atoms with Gasteiger partial charge in [0.25, 0.3) is 5.56 Å². The van der Waals surface area contributed by atoms with Crippen molar-refractivity contribution >= 4 is 44.4 Å². The summed E-state index contributed by atoms with van der Waals surface area (Å²) in [5.74, 6) is 0.191. The van der Waals surface area contributed by atoms with Gasteiger partial charge < -0.3 is 41.2 Å². The Hall–Kier alpha value is -3.07. The van der Waals surface area contributed by atoms with E-state index in [1.807, 2.05) is 0 Å². The molecule has 2 unspecified atom stereocenters. The first-order valence-electron chi connectivity index (χ1n) is 12.2. The highest BCUT2D eigenvalue weighted by molar-refractivity contribution is 7.47. The Bertz CT molecular complexity index is 1640. The van der Waals surface area contributed by atoms with Crippen molar-refractivity contribution in [3.05, 3.63) is 29.1 Å². The number of nitrogens with zero attached hydrogens (tertiary/aromatic N) is 5. The summed E-state index contributed by atoms with van der Waals surface area (Å²) in [4.78, 5) is 51.3. The molecule has 6 heterocycles. The van der Waals surface area contributed by atoms with E-state index in [9.17, 15) is 28.8 Å². The number of anilines is 3. The molecule has 0 aromatic carbocycles. The first-order valence-corrected chi connectivity index (χ1v) is 15.2. The molecule has 0 amide bonds. The van der Waals surface area contributed by atoms with E-state index in [0.717, 1.165) is 10.9 Å². The van der Waals surface area contributed by atoms with E-state index in [4.69, 9.17) is 39.0 Å². The minimum absolute atomic E-state index is 0.0430. The van der Waals surface area contributed by atoms with E-state index in [1.165, 1.54) is 12.4 Å². The Morgan fingerprint density at radius 2 is 1.76 bits per heavy atom. The number of H-pyrrole nitrogens is 1. The molecule has 3 fully saturated rings. The van der Waals surface area contributed by atoms with E-state index in [1.54, 1.807) is 0 Å². The van der Waals surface area contributed by atoms with Gasteiger partial charge in [-0.1, -0.05) is 0 Å². The van der Waals surface area contributed by atoms with Crippen molar-refractivity contribution in [1.82, 2.24) is 29.5 Å². The number of nitrogen functional groups attached to an aromatic ring is 2. The first-order chi connectivity index (χ1) is 19.9. The molecular formula is C19H25N9O12P2. The number of rotatable bonds is 3. The minimum Gasteiger partial charge on any atom is -0.387 e. The fourth-order valence-corrected chi connectivity index (χ4v) is 6.62. The summed E-state index contributed by atoms with van der Waals surface area (Å²) in [5.41, 5.74) is 10.4. The molecule has 42 heavy (non-hydrogen) atoms. The van der Waals surface area contributed by atoms with Gasteiger partial charge in [0.2, 0.25) is 5.95 Å². The Labute approximate surface area is 234 Å². The summed E-state index contributed by atoms with van der Waals surface area (Å²) in [5, 5.41) is 13.8.